The van der Waals surface area contributed by atoms with E-state index in [2.05, 4.69) is 27.7 Å². The summed E-state index contributed by atoms with van der Waals surface area (Å²) in [4.78, 5) is 11.5. The van der Waals surface area contributed by atoms with Gasteiger partial charge in [0.1, 0.15) is 12.2 Å². The zero-order valence-electron chi connectivity index (χ0n) is 12.6. The Balaban J connectivity index is 1.97. The summed E-state index contributed by atoms with van der Waals surface area (Å²) in [7, 11) is 0. The molecule has 19 heavy (non-hydrogen) atoms. The molecule has 0 unspecified atom stereocenters. The predicted molar refractivity (Wildman–Crippen MR) is 72.8 cm³/mol. The lowest BCUT2D eigenvalue weighted by molar-refractivity contribution is -0.214. The Hall–Kier alpha value is -0.730. The number of ether oxygens (including phenoxy) is 2. The first kappa shape index (κ1) is 13.3. The standard InChI is InChI=1S/C16H26O3/c1-14(2)7-5-8-15(3)11(14)6-9-16(4)12(15)10-18-13(17)19-16/h11-12H,5-10H2,1-4H3/t11-,12-,15-,16+/m0/s1. The molecule has 0 amide bonds. The minimum atomic E-state index is -0.476. The minimum absolute atomic E-state index is 0.245. The summed E-state index contributed by atoms with van der Waals surface area (Å²) in [5, 5.41) is 0. The van der Waals surface area contributed by atoms with Gasteiger partial charge in [0.25, 0.3) is 0 Å². The number of carbonyl (C=O) groups is 1. The van der Waals surface area contributed by atoms with Gasteiger partial charge in [-0.25, -0.2) is 4.79 Å². The van der Waals surface area contributed by atoms with Gasteiger partial charge < -0.3 is 9.47 Å². The van der Waals surface area contributed by atoms with E-state index in [0.29, 0.717) is 23.9 Å². The summed E-state index contributed by atoms with van der Waals surface area (Å²) in [6, 6.07) is 0. The van der Waals surface area contributed by atoms with E-state index in [1.54, 1.807) is 0 Å². The number of hydrogen-bond donors (Lipinski definition) is 0. The van der Waals surface area contributed by atoms with Crippen molar-refractivity contribution in [2.24, 2.45) is 22.7 Å². The highest BCUT2D eigenvalue weighted by Gasteiger charge is 2.61. The first-order valence-corrected chi connectivity index (χ1v) is 7.64. The Morgan fingerprint density at radius 3 is 2.53 bits per heavy atom. The molecule has 3 heteroatoms. The van der Waals surface area contributed by atoms with Crippen LogP contribution in [0.15, 0.2) is 0 Å². The molecule has 3 rings (SSSR count). The zero-order valence-corrected chi connectivity index (χ0v) is 12.6. The van der Waals surface area contributed by atoms with Crippen LogP contribution in [0.25, 0.3) is 0 Å². The van der Waals surface area contributed by atoms with Crippen LogP contribution in [0.4, 0.5) is 4.79 Å². The number of cyclic esters (lactones) is 1. The SMILES string of the molecule is CC1(C)CCC[C@@]2(C)[C@H]1CC[C@@]1(C)OC(=O)OC[C@@H]21. The highest BCUT2D eigenvalue weighted by Crippen LogP contribution is 2.63. The Kier molecular flexibility index (Phi) is 2.72. The molecule has 0 spiro atoms. The lowest BCUT2D eigenvalue weighted by Crippen LogP contribution is -2.62. The van der Waals surface area contributed by atoms with Crippen LogP contribution in [-0.4, -0.2) is 18.4 Å². The van der Waals surface area contributed by atoms with Gasteiger partial charge in [0.05, 0.1) is 0 Å². The lowest BCUT2D eigenvalue weighted by Gasteiger charge is -2.62. The van der Waals surface area contributed by atoms with Crippen LogP contribution in [0, 0.1) is 22.7 Å². The number of rotatable bonds is 0. The molecule has 0 aromatic heterocycles. The second kappa shape index (κ2) is 3.89. The average molecular weight is 266 g/mol. The second-order valence-electron chi connectivity index (χ2n) is 7.97. The number of fused-ring (bicyclic) bond motifs is 3. The second-order valence-corrected chi connectivity index (χ2v) is 7.97. The molecule has 2 saturated carbocycles. The molecule has 0 radical (unpaired) electrons. The molecule has 3 nitrogen and oxygen atoms in total. The predicted octanol–water partition coefficient (Wildman–Crippen LogP) is 4.15. The fourth-order valence-corrected chi connectivity index (χ4v) is 5.47. The summed E-state index contributed by atoms with van der Waals surface area (Å²) < 4.78 is 10.8. The quantitative estimate of drug-likeness (QED) is 0.618. The smallest absolute Gasteiger partial charge is 0.434 e. The summed E-state index contributed by atoms with van der Waals surface area (Å²) in [5.41, 5.74) is 0.333. The highest BCUT2D eigenvalue weighted by atomic mass is 16.7. The van der Waals surface area contributed by atoms with Gasteiger partial charge in [0.15, 0.2) is 0 Å². The van der Waals surface area contributed by atoms with Crippen molar-refractivity contribution in [2.45, 2.75) is 65.4 Å². The maximum atomic E-state index is 11.5. The molecule has 4 atom stereocenters. The van der Waals surface area contributed by atoms with Crippen molar-refractivity contribution in [1.29, 1.82) is 0 Å². The fraction of sp³-hybridized carbons (Fsp3) is 0.938. The van der Waals surface area contributed by atoms with Crippen LogP contribution < -0.4 is 0 Å². The first-order valence-electron chi connectivity index (χ1n) is 7.64. The molecule has 0 bridgehead atoms. The molecule has 0 N–H and O–H groups in total. The molecule has 3 fully saturated rings. The van der Waals surface area contributed by atoms with Gasteiger partial charge in [-0.3, -0.25) is 0 Å². The van der Waals surface area contributed by atoms with E-state index in [1.165, 1.54) is 25.7 Å². The molecular weight excluding hydrogens is 240 g/mol. The fourth-order valence-electron chi connectivity index (χ4n) is 5.47. The molecule has 0 aromatic rings. The van der Waals surface area contributed by atoms with Crippen molar-refractivity contribution in [1.82, 2.24) is 0 Å². The minimum Gasteiger partial charge on any atom is -0.434 e. The maximum Gasteiger partial charge on any atom is 0.508 e. The molecule has 108 valence electrons. The average Bonchev–Trinajstić information content (AvgIpc) is 2.25. The molecule has 2 aliphatic carbocycles. The van der Waals surface area contributed by atoms with Crippen molar-refractivity contribution in [3.8, 4) is 0 Å². The zero-order chi connectivity index (χ0) is 13.9. The highest BCUT2D eigenvalue weighted by molar-refractivity contribution is 5.61. The summed E-state index contributed by atoms with van der Waals surface area (Å²) in [6.07, 6.45) is 5.51. The lowest BCUT2D eigenvalue weighted by atomic mass is 9.45. The molecule has 1 heterocycles. The van der Waals surface area contributed by atoms with Gasteiger partial charge in [-0.2, -0.15) is 0 Å². The third kappa shape index (κ3) is 1.80. The molecular formula is C16H26O3. The van der Waals surface area contributed by atoms with E-state index < -0.39 is 6.16 Å². The van der Waals surface area contributed by atoms with E-state index in [4.69, 9.17) is 9.47 Å². The van der Waals surface area contributed by atoms with Crippen LogP contribution in [0.1, 0.15) is 59.8 Å². The van der Waals surface area contributed by atoms with E-state index >= 15 is 0 Å². The monoisotopic (exact) mass is 266 g/mol. The summed E-state index contributed by atoms with van der Waals surface area (Å²) in [5.74, 6) is 1.06. The Morgan fingerprint density at radius 2 is 1.79 bits per heavy atom. The van der Waals surface area contributed by atoms with Crippen molar-refractivity contribution in [2.75, 3.05) is 6.61 Å². The van der Waals surface area contributed by atoms with Gasteiger partial charge in [0, 0.05) is 5.92 Å². The van der Waals surface area contributed by atoms with Crippen molar-refractivity contribution in [3.63, 3.8) is 0 Å². The Bertz CT molecular complexity index is 403. The van der Waals surface area contributed by atoms with Crippen molar-refractivity contribution >= 4 is 6.16 Å². The van der Waals surface area contributed by atoms with E-state index in [-0.39, 0.29) is 11.0 Å². The third-order valence-corrected chi connectivity index (χ3v) is 6.42. The van der Waals surface area contributed by atoms with E-state index in [0.717, 1.165) is 6.42 Å². The van der Waals surface area contributed by atoms with Gasteiger partial charge >= 0.3 is 6.16 Å². The van der Waals surface area contributed by atoms with Crippen molar-refractivity contribution < 1.29 is 14.3 Å². The van der Waals surface area contributed by atoms with Crippen LogP contribution in [0.3, 0.4) is 0 Å². The number of carbonyl (C=O) groups excluding carboxylic acids is 1. The van der Waals surface area contributed by atoms with Crippen LogP contribution in [-0.2, 0) is 9.47 Å². The normalized spacial score (nSPS) is 48.5. The largest absolute Gasteiger partial charge is 0.508 e. The third-order valence-electron chi connectivity index (χ3n) is 6.42. The van der Waals surface area contributed by atoms with E-state index in [9.17, 15) is 4.79 Å². The van der Waals surface area contributed by atoms with E-state index in [1.807, 2.05) is 0 Å². The van der Waals surface area contributed by atoms with Gasteiger partial charge in [-0.1, -0.05) is 27.2 Å². The molecule has 0 aromatic carbocycles. The van der Waals surface area contributed by atoms with Crippen LogP contribution in [0.5, 0.6) is 0 Å². The Morgan fingerprint density at radius 1 is 1.05 bits per heavy atom. The molecule has 3 aliphatic rings. The molecule has 1 saturated heterocycles. The van der Waals surface area contributed by atoms with Crippen molar-refractivity contribution in [3.05, 3.63) is 0 Å². The van der Waals surface area contributed by atoms with Crippen LogP contribution in [0.2, 0.25) is 0 Å². The van der Waals surface area contributed by atoms with Gasteiger partial charge in [-0.05, 0) is 49.4 Å². The van der Waals surface area contributed by atoms with Crippen LogP contribution >= 0.6 is 0 Å². The topological polar surface area (TPSA) is 35.5 Å². The maximum absolute atomic E-state index is 11.5. The molecule has 1 aliphatic heterocycles. The number of hydrogen-bond acceptors (Lipinski definition) is 3. The summed E-state index contributed by atoms with van der Waals surface area (Å²) in [6.45, 7) is 9.88. The Labute approximate surface area is 116 Å². The van der Waals surface area contributed by atoms with Gasteiger partial charge in [0.2, 0.25) is 0 Å². The first-order chi connectivity index (χ1) is 8.78. The van der Waals surface area contributed by atoms with Gasteiger partial charge in [-0.15, -0.1) is 0 Å². The summed E-state index contributed by atoms with van der Waals surface area (Å²) >= 11 is 0.